The molecule has 11 heteroatoms. The first-order valence-corrected chi connectivity index (χ1v) is 15.2. The fourth-order valence-corrected chi connectivity index (χ4v) is 7.08. The summed E-state index contributed by atoms with van der Waals surface area (Å²) in [5.74, 6) is 0.859. The van der Waals surface area contributed by atoms with Gasteiger partial charge in [0.1, 0.15) is 16.3 Å². The lowest BCUT2D eigenvalue weighted by atomic mass is 9.91. The van der Waals surface area contributed by atoms with Gasteiger partial charge in [-0.3, -0.25) is 4.98 Å². The number of pyridine rings is 1. The van der Waals surface area contributed by atoms with Crippen molar-refractivity contribution < 1.29 is 13.5 Å². The van der Waals surface area contributed by atoms with Gasteiger partial charge >= 0.3 is 0 Å². The van der Waals surface area contributed by atoms with Crippen molar-refractivity contribution in [2.45, 2.75) is 82.7 Å². The van der Waals surface area contributed by atoms with Crippen LogP contribution in [0.3, 0.4) is 0 Å². The average molecular weight is 531 g/mol. The number of nitrogens with zero attached hydrogens (tertiary/aromatic N) is 4. The zero-order chi connectivity index (χ0) is 25.8. The van der Waals surface area contributed by atoms with Gasteiger partial charge in [-0.1, -0.05) is 0 Å². The van der Waals surface area contributed by atoms with E-state index < -0.39 is 20.7 Å². The van der Waals surface area contributed by atoms with E-state index in [9.17, 15) is 13.5 Å². The Labute approximate surface area is 216 Å². The normalized spacial score (nSPS) is 23.1. The van der Waals surface area contributed by atoms with E-state index in [1.807, 2.05) is 19.9 Å². The quantitative estimate of drug-likeness (QED) is 0.413. The maximum absolute atomic E-state index is 12.5. The molecular weight excluding hydrogens is 496 g/mol. The maximum Gasteiger partial charge on any atom is 0.225 e. The lowest BCUT2D eigenvalue weighted by molar-refractivity contribution is 0.114. The van der Waals surface area contributed by atoms with Gasteiger partial charge in [-0.2, -0.15) is 4.98 Å². The van der Waals surface area contributed by atoms with Crippen molar-refractivity contribution >= 4 is 43.2 Å². The van der Waals surface area contributed by atoms with Crippen molar-refractivity contribution in [1.29, 1.82) is 0 Å². The van der Waals surface area contributed by atoms with Crippen molar-refractivity contribution in [3.63, 3.8) is 0 Å². The lowest BCUT2D eigenvalue weighted by Gasteiger charge is -2.31. The molecule has 2 aliphatic rings. The summed E-state index contributed by atoms with van der Waals surface area (Å²) < 4.78 is 24.9. The summed E-state index contributed by atoms with van der Waals surface area (Å²) in [6.07, 6.45) is 6.70. The average Bonchev–Trinajstić information content (AvgIpc) is 3.34. The molecule has 194 valence electrons. The number of hydrogen-bond donors (Lipinski definition) is 3. The van der Waals surface area contributed by atoms with E-state index in [0.717, 1.165) is 45.0 Å². The van der Waals surface area contributed by atoms with Gasteiger partial charge in [-0.25, -0.2) is 18.4 Å². The molecule has 3 N–H and O–H groups in total. The number of rotatable bonds is 7. The van der Waals surface area contributed by atoms with Crippen LogP contribution < -0.4 is 10.6 Å². The second-order valence-electron chi connectivity index (χ2n) is 10.8. The predicted molar refractivity (Wildman–Crippen MR) is 144 cm³/mol. The van der Waals surface area contributed by atoms with Gasteiger partial charge in [-0.15, -0.1) is 11.3 Å². The standard InChI is InChI=1S/C25H34N6O3S2/c1-13-20(23-30-21-14(2)26-10-9-19(21)35-23)22(31-24(27-13)29-15-7-6-8-15)28-16-11-17(18(32)12-16)25(3,4)36(5,33)34/h9-10,15-18,32H,6-8,11-12H2,1-5H3,(H2,27,28,29,31)/t16?,17?,18-/m0/s1. The van der Waals surface area contributed by atoms with E-state index in [-0.39, 0.29) is 12.0 Å². The van der Waals surface area contributed by atoms with Crippen LogP contribution in [0.2, 0.25) is 0 Å². The predicted octanol–water partition coefficient (Wildman–Crippen LogP) is 4.10. The molecule has 2 unspecified atom stereocenters. The zero-order valence-electron chi connectivity index (χ0n) is 21.4. The van der Waals surface area contributed by atoms with Gasteiger partial charge in [-0.05, 0) is 65.9 Å². The van der Waals surface area contributed by atoms with Gasteiger partial charge < -0.3 is 15.7 Å². The van der Waals surface area contributed by atoms with Crippen LogP contribution in [-0.4, -0.2) is 62.7 Å². The van der Waals surface area contributed by atoms with E-state index >= 15 is 0 Å². The van der Waals surface area contributed by atoms with Crippen LogP contribution in [0.25, 0.3) is 20.8 Å². The van der Waals surface area contributed by atoms with Crippen molar-refractivity contribution in [2.24, 2.45) is 5.92 Å². The highest BCUT2D eigenvalue weighted by atomic mass is 32.2. The molecule has 0 aromatic carbocycles. The van der Waals surface area contributed by atoms with Gasteiger partial charge in [0.2, 0.25) is 5.95 Å². The fourth-order valence-electron chi connectivity index (χ4n) is 5.17. The SMILES string of the molecule is Cc1nc(NC2CCC2)nc(NC2CC(C(C)(C)S(C)(=O)=O)[C@@H](O)C2)c1-c1nc2c(C)nccc2s1. The van der Waals surface area contributed by atoms with E-state index in [4.69, 9.17) is 15.0 Å². The number of aryl methyl sites for hydroxylation is 2. The summed E-state index contributed by atoms with van der Waals surface area (Å²) in [6.45, 7) is 7.32. The Bertz CT molecular complexity index is 1400. The molecule has 0 radical (unpaired) electrons. The summed E-state index contributed by atoms with van der Waals surface area (Å²) >= 11 is 1.57. The molecule has 2 fully saturated rings. The third-order valence-electron chi connectivity index (χ3n) is 7.95. The molecular formula is C25H34N6O3S2. The Morgan fingerprint density at radius 1 is 1.06 bits per heavy atom. The number of aliphatic hydroxyl groups excluding tert-OH is 1. The first kappa shape index (κ1) is 25.3. The second kappa shape index (κ2) is 9.18. The molecule has 3 aromatic heterocycles. The van der Waals surface area contributed by atoms with Crippen LogP contribution in [0.15, 0.2) is 12.3 Å². The Hall–Kier alpha value is -2.37. The van der Waals surface area contributed by atoms with Gasteiger partial charge in [0.05, 0.1) is 32.5 Å². The van der Waals surface area contributed by atoms with E-state index in [2.05, 4.69) is 15.6 Å². The molecule has 0 bridgehead atoms. The smallest absolute Gasteiger partial charge is 0.225 e. The second-order valence-corrected chi connectivity index (χ2v) is 14.4. The highest BCUT2D eigenvalue weighted by Gasteiger charge is 2.48. The van der Waals surface area contributed by atoms with Crippen LogP contribution in [0.5, 0.6) is 0 Å². The lowest BCUT2D eigenvalue weighted by Crippen LogP contribution is -2.43. The number of fused-ring (bicyclic) bond motifs is 1. The summed E-state index contributed by atoms with van der Waals surface area (Å²) in [7, 11) is -3.35. The van der Waals surface area contributed by atoms with Gasteiger partial charge in [0, 0.05) is 30.5 Å². The number of hydrogen-bond acceptors (Lipinski definition) is 10. The van der Waals surface area contributed by atoms with Gasteiger partial charge in [0.25, 0.3) is 0 Å². The molecule has 0 spiro atoms. The number of nitrogens with one attached hydrogen (secondary N) is 2. The Balaban J connectivity index is 1.51. The number of aromatic nitrogens is 4. The number of thiazole rings is 1. The van der Waals surface area contributed by atoms with Crippen LogP contribution in [0.4, 0.5) is 11.8 Å². The minimum absolute atomic E-state index is 0.131. The first-order chi connectivity index (χ1) is 16.9. The molecule has 36 heavy (non-hydrogen) atoms. The molecule has 9 nitrogen and oxygen atoms in total. The van der Waals surface area contributed by atoms with Crippen LogP contribution in [-0.2, 0) is 9.84 Å². The summed E-state index contributed by atoms with van der Waals surface area (Å²) in [6, 6.07) is 2.21. The molecule has 0 amide bonds. The minimum Gasteiger partial charge on any atom is -0.393 e. The number of aliphatic hydroxyl groups is 1. The summed E-state index contributed by atoms with van der Waals surface area (Å²) in [4.78, 5) is 18.9. The number of sulfone groups is 1. The minimum atomic E-state index is -3.35. The van der Waals surface area contributed by atoms with Crippen molar-refractivity contribution in [2.75, 3.05) is 16.9 Å². The molecule has 5 rings (SSSR count). The van der Waals surface area contributed by atoms with Crippen LogP contribution >= 0.6 is 11.3 Å². The van der Waals surface area contributed by atoms with Crippen LogP contribution in [0, 0.1) is 19.8 Å². The molecule has 3 atom stereocenters. The van der Waals surface area contributed by atoms with E-state index in [1.165, 1.54) is 12.7 Å². The van der Waals surface area contributed by atoms with Crippen molar-refractivity contribution in [3.05, 3.63) is 23.7 Å². The van der Waals surface area contributed by atoms with Crippen LogP contribution in [0.1, 0.15) is 57.3 Å². The largest absolute Gasteiger partial charge is 0.393 e. The first-order valence-electron chi connectivity index (χ1n) is 12.5. The summed E-state index contributed by atoms with van der Waals surface area (Å²) in [5, 5.41) is 18.6. The number of anilines is 2. The molecule has 2 aliphatic carbocycles. The zero-order valence-corrected chi connectivity index (χ0v) is 23.0. The third-order valence-corrected chi connectivity index (χ3v) is 11.2. The highest BCUT2D eigenvalue weighted by Crippen LogP contribution is 2.42. The monoisotopic (exact) mass is 530 g/mol. The van der Waals surface area contributed by atoms with Crippen molar-refractivity contribution in [1.82, 2.24) is 19.9 Å². The molecule has 0 saturated heterocycles. The Morgan fingerprint density at radius 3 is 2.44 bits per heavy atom. The topological polar surface area (TPSA) is 130 Å². The Morgan fingerprint density at radius 2 is 1.81 bits per heavy atom. The molecule has 0 aliphatic heterocycles. The summed E-state index contributed by atoms with van der Waals surface area (Å²) in [5.41, 5.74) is 3.38. The third kappa shape index (κ3) is 4.56. The Kier molecular flexibility index (Phi) is 6.45. The fraction of sp³-hybridized carbons (Fsp3) is 0.600. The van der Waals surface area contributed by atoms with E-state index in [0.29, 0.717) is 30.6 Å². The van der Waals surface area contributed by atoms with E-state index in [1.54, 1.807) is 31.4 Å². The molecule has 2 saturated carbocycles. The van der Waals surface area contributed by atoms with Crippen molar-refractivity contribution in [3.8, 4) is 10.6 Å². The highest BCUT2D eigenvalue weighted by molar-refractivity contribution is 7.92. The van der Waals surface area contributed by atoms with Gasteiger partial charge in [0.15, 0.2) is 9.84 Å². The maximum atomic E-state index is 12.5. The molecule has 3 aromatic rings. The molecule has 3 heterocycles.